The van der Waals surface area contributed by atoms with E-state index in [9.17, 15) is 14.4 Å². The molecule has 0 aliphatic heterocycles. The van der Waals surface area contributed by atoms with E-state index >= 15 is 0 Å². The summed E-state index contributed by atoms with van der Waals surface area (Å²) in [4.78, 5) is 38.3. The predicted octanol–water partition coefficient (Wildman–Crippen LogP) is 25.2. The second kappa shape index (κ2) is 69.6. The number of hydrogen-bond donors (Lipinski definition) is 0. The number of carbonyl (C=O) groups excluding carboxylic acids is 3. The molecule has 0 saturated heterocycles. The van der Waals surface area contributed by atoms with Crippen molar-refractivity contribution < 1.29 is 28.6 Å². The SMILES string of the molecule is CCC/C=C\CCCCCCCC(=O)OCC(COC(=O)CCCCCCCCCCCCCCCCCCCCCCCCCCCCCCC)OC(=O)CCCCCCCCCCCCCCCCCCCCCCCCC. The first kappa shape index (κ1) is 78.1. The van der Waals surface area contributed by atoms with Crippen LogP contribution in [0.5, 0.6) is 0 Å². The molecule has 0 aliphatic rings. The van der Waals surface area contributed by atoms with E-state index in [0.717, 1.165) is 70.6 Å². The summed E-state index contributed by atoms with van der Waals surface area (Å²) in [5.74, 6) is -0.843. The van der Waals surface area contributed by atoms with E-state index in [2.05, 4.69) is 32.9 Å². The highest BCUT2D eigenvalue weighted by Gasteiger charge is 2.20. The molecule has 474 valence electrons. The van der Waals surface area contributed by atoms with Gasteiger partial charge in [-0.3, -0.25) is 14.4 Å². The van der Waals surface area contributed by atoms with E-state index in [4.69, 9.17) is 14.2 Å². The predicted molar refractivity (Wildman–Crippen MR) is 349 cm³/mol. The molecule has 0 fully saturated rings. The van der Waals surface area contributed by atoms with Crippen LogP contribution in [0, 0.1) is 0 Å². The van der Waals surface area contributed by atoms with Crippen LogP contribution >= 0.6 is 0 Å². The lowest BCUT2D eigenvalue weighted by molar-refractivity contribution is -0.167. The Morgan fingerprint density at radius 2 is 0.438 bits per heavy atom. The van der Waals surface area contributed by atoms with Crippen molar-refractivity contribution >= 4 is 17.9 Å². The van der Waals surface area contributed by atoms with Crippen LogP contribution in [0.2, 0.25) is 0 Å². The molecule has 1 atom stereocenters. The summed E-state index contributed by atoms with van der Waals surface area (Å²) in [6, 6.07) is 0. The van der Waals surface area contributed by atoms with Gasteiger partial charge in [0.05, 0.1) is 0 Å². The van der Waals surface area contributed by atoms with Gasteiger partial charge in [-0.1, -0.05) is 380 Å². The summed E-state index contributed by atoms with van der Waals surface area (Å²) >= 11 is 0. The number of unbranched alkanes of at least 4 members (excludes halogenated alkanes) is 56. The quantitative estimate of drug-likeness (QED) is 0.0261. The van der Waals surface area contributed by atoms with Crippen LogP contribution in [0.3, 0.4) is 0 Å². The van der Waals surface area contributed by atoms with Gasteiger partial charge in [0.2, 0.25) is 0 Å². The summed E-state index contributed by atoms with van der Waals surface area (Å²) in [7, 11) is 0. The monoisotopic (exact) mass is 1130 g/mol. The first-order chi connectivity index (χ1) is 39.5. The van der Waals surface area contributed by atoms with Crippen molar-refractivity contribution in [3.63, 3.8) is 0 Å². The average Bonchev–Trinajstić information content (AvgIpc) is 3.46. The standard InChI is InChI=1S/C74H142O6/c1-4-7-10-13-16-19-22-24-26-28-30-32-34-35-36-37-38-39-41-42-44-46-48-50-52-55-58-61-64-67-73(76)79-70-71(69-78-72(75)66-63-60-57-54-21-18-15-12-9-6-3)80-74(77)68-65-62-59-56-53-51-49-47-45-43-40-33-31-29-27-25-23-20-17-14-11-8-5-2/h12,15,71H,4-11,13-14,16-70H2,1-3H3/b15-12-. The van der Waals surface area contributed by atoms with Gasteiger partial charge in [-0.15, -0.1) is 0 Å². The van der Waals surface area contributed by atoms with Gasteiger partial charge in [0.25, 0.3) is 0 Å². The van der Waals surface area contributed by atoms with Gasteiger partial charge < -0.3 is 14.2 Å². The molecule has 0 heterocycles. The Hall–Kier alpha value is -1.85. The third-order valence-corrected chi connectivity index (χ3v) is 17.0. The molecular weight excluding hydrogens is 985 g/mol. The zero-order chi connectivity index (χ0) is 57.8. The summed E-state index contributed by atoms with van der Waals surface area (Å²) in [5.41, 5.74) is 0. The van der Waals surface area contributed by atoms with Gasteiger partial charge in [0, 0.05) is 19.3 Å². The number of esters is 3. The average molecular weight is 1130 g/mol. The van der Waals surface area contributed by atoms with Crippen molar-refractivity contribution in [1.82, 2.24) is 0 Å². The molecule has 1 unspecified atom stereocenters. The lowest BCUT2D eigenvalue weighted by atomic mass is 10.0. The smallest absolute Gasteiger partial charge is 0.306 e. The highest BCUT2D eigenvalue weighted by molar-refractivity contribution is 5.71. The van der Waals surface area contributed by atoms with Gasteiger partial charge in [-0.05, 0) is 38.5 Å². The van der Waals surface area contributed by atoms with E-state index in [1.54, 1.807) is 0 Å². The van der Waals surface area contributed by atoms with E-state index < -0.39 is 6.10 Å². The first-order valence-electron chi connectivity index (χ1n) is 36.7. The summed E-state index contributed by atoms with van der Waals surface area (Å²) in [6.45, 7) is 6.67. The number of allylic oxidation sites excluding steroid dienone is 2. The molecule has 80 heavy (non-hydrogen) atoms. The Labute approximate surface area is 501 Å². The maximum absolute atomic E-state index is 12.9. The van der Waals surface area contributed by atoms with Crippen molar-refractivity contribution in [2.75, 3.05) is 13.2 Å². The maximum Gasteiger partial charge on any atom is 0.306 e. The Morgan fingerprint density at radius 1 is 0.237 bits per heavy atom. The minimum absolute atomic E-state index is 0.0660. The molecule has 6 heteroatoms. The summed E-state index contributed by atoms with van der Waals surface area (Å²) in [6.07, 6.45) is 84.2. The Kier molecular flexibility index (Phi) is 68.0. The van der Waals surface area contributed by atoms with Crippen molar-refractivity contribution in [1.29, 1.82) is 0 Å². The highest BCUT2D eigenvalue weighted by Crippen LogP contribution is 2.20. The number of carbonyl (C=O) groups is 3. The molecule has 0 bridgehead atoms. The normalized spacial score (nSPS) is 12.0. The Balaban J connectivity index is 4.07. The largest absolute Gasteiger partial charge is 0.462 e. The van der Waals surface area contributed by atoms with Crippen LogP contribution in [0.15, 0.2) is 12.2 Å². The van der Waals surface area contributed by atoms with Crippen molar-refractivity contribution in [3.05, 3.63) is 12.2 Å². The molecule has 0 aromatic rings. The molecule has 0 saturated carbocycles. The Bertz CT molecular complexity index is 1250. The fourth-order valence-electron chi connectivity index (χ4n) is 11.5. The van der Waals surface area contributed by atoms with E-state index in [1.807, 2.05) is 0 Å². The van der Waals surface area contributed by atoms with Gasteiger partial charge in [0.1, 0.15) is 13.2 Å². The molecule has 0 amide bonds. The Morgan fingerprint density at radius 3 is 0.675 bits per heavy atom. The van der Waals surface area contributed by atoms with Crippen LogP contribution in [0.4, 0.5) is 0 Å². The number of rotatable bonds is 69. The molecule has 0 radical (unpaired) electrons. The minimum atomic E-state index is -0.769. The summed E-state index contributed by atoms with van der Waals surface area (Å²) in [5, 5.41) is 0. The molecule has 0 N–H and O–H groups in total. The molecular formula is C74H142O6. The van der Waals surface area contributed by atoms with Crippen molar-refractivity contribution in [3.8, 4) is 0 Å². The van der Waals surface area contributed by atoms with Crippen LogP contribution < -0.4 is 0 Å². The molecule has 0 rings (SSSR count). The van der Waals surface area contributed by atoms with Crippen LogP contribution in [-0.4, -0.2) is 37.2 Å². The molecule has 0 aliphatic carbocycles. The minimum Gasteiger partial charge on any atom is -0.462 e. The third-order valence-electron chi connectivity index (χ3n) is 17.0. The number of ether oxygens (including phenoxy) is 3. The second-order valence-electron chi connectivity index (χ2n) is 25.2. The molecule has 0 aromatic heterocycles. The maximum atomic E-state index is 12.9. The van der Waals surface area contributed by atoms with Crippen LogP contribution in [0.25, 0.3) is 0 Å². The third kappa shape index (κ3) is 66.9. The van der Waals surface area contributed by atoms with E-state index in [-0.39, 0.29) is 31.1 Å². The van der Waals surface area contributed by atoms with E-state index in [0.29, 0.717) is 19.3 Å². The first-order valence-corrected chi connectivity index (χ1v) is 36.7. The lowest BCUT2D eigenvalue weighted by Gasteiger charge is -2.18. The van der Waals surface area contributed by atoms with Crippen LogP contribution in [-0.2, 0) is 28.6 Å². The van der Waals surface area contributed by atoms with Crippen molar-refractivity contribution in [2.24, 2.45) is 0 Å². The molecule has 0 aromatic carbocycles. The van der Waals surface area contributed by atoms with Crippen molar-refractivity contribution in [2.45, 2.75) is 431 Å². The van der Waals surface area contributed by atoms with Gasteiger partial charge in [0.15, 0.2) is 6.10 Å². The van der Waals surface area contributed by atoms with Crippen LogP contribution in [0.1, 0.15) is 425 Å². The second-order valence-corrected chi connectivity index (χ2v) is 25.2. The summed E-state index contributed by atoms with van der Waals surface area (Å²) < 4.78 is 17.0. The zero-order valence-corrected chi connectivity index (χ0v) is 54.6. The fraction of sp³-hybridized carbons (Fsp3) is 0.932. The fourth-order valence-corrected chi connectivity index (χ4v) is 11.5. The van der Waals surface area contributed by atoms with Gasteiger partial charge in [-0.25, -0.2) is 0 Å². The molecule has 0 spiro atoms. The topological polar surface area (TPSA) is 78.9 Å². The highest BCUT2D eigenvalue weighted by atomic mass is 16.6. The van der Waals surface area contributed by atoms with Gasteiger partial charge in [-0.2, -0.15) is 0 Å². The van der Waals surface area contributed by atoms with E-state index in [1.165, 1.54) is 315 Å². The zero-order valence-electron chi connectivity index (χ0n) is 54.6. The van der Waals surface area contributed by atoms with Gasteiger partial charge >= 0.3 is 17.9 Å². The number of hydrogen-bond acceptors (Lipinski definition) is 6. The lowest BCUT2D eigenvalue weighted by Crippen LogP contribution is -2.30. The molecule has 6 nitrogen and oxygen atoms in total.